The van der Waals surface area contributed by atoms with Crippen molar-refractivity contribution in [2.45, 2.75) is 44.6 Å². The van der Waals surface area contributed by atoms with Crippen LogP contribution in [-0.2, 0) is 10.0 Å². The summed E-state index contributed by atoms with van der Waals surface area (Å²) in [6.45, 7) is 6.57. The lowest BCUT2D eigenvalue weighted by Gasteiger charge is -2.10. The molecule has 0 bridgehead atoms. The Labute approximate surface area is 161 Å². The zero-order valence-corrected chi connectivity index (χ0v) is 16.7. The second kappa shape index (κ2) is 9.97. The first-order valence-electron chi connectivity index (χ1n) is 8.95. The molecule has 0 aliphatic heterocycles. The van der Waals surface area contributed by atoms with E-state index in [-0.39, 0.29) is 11.0 Å². The zero-order valence-electron chi connectivity index (χ0n) is 15.9. The molecule has 0 spiro atoms. The SMILES string of the molecule is CCCCOc1cccc(/C=N/NS(=O)(=O)c2ccc(OC(C)C)cc2)c1. The van der Waals surface area contributed by atoms with E-state index < -0.39 is 10.0 Å². The largest absolute Gasteiger partial charge is 0.494 e. The molecule has 2 rings (SSSR count). The summed E-state index contributed by atoms with van der Waals surface area (Å²) in [5, 5.41) is 3.85. The van der Waals surface area contributed by atoms with Crippen LogP contribution in [0.25, 0.3) is 0 Å². The van der Waals surface area contributed by atoms with Gasteiger partial charge < -0.3 is 9.47 Å². The number of hydrogen-bond donors (Lipinski definition) is 1. The highest BCUT2D eigenvalue weighted by Crippen LogP contribution is 2.17. The fourth-order valence-electron chi connectivity index (χ4n) is 2.21. The number of benzene rings is 2. The van der Waals surface area contributed by atoms with Crippen LogP contribution in [0.15, 0.2) is 58.5 Å². The smallest absolute Gasteiger partial charge is 0.276 e. The molecule has 6 nitrogen and oxygen atoms in total. The molecular formula is C20H26N2O4S. The van der Waals surface area contributed by atoms with E-state index in [0.29, 0.717) is 12.4 Å². The van der Waals surface area contributed by atoms with Gasteiger partial charge in [0.25, 0.3) is 10.0 Å². The maximum atomic E-state index is 12.3. The third-order valence-corrected chi connectivity index (χ3v) is 4.76. The quantitative estimate of drug-likeness (QED) is 0.378. The summed E-state index contributed by atoms with van der Waals surface area (Å²) >= 11 is 0. The third-order valence-electron chi connectivity index (χ3n) is 3.52. The maximum Gasteiger partial charge on any atom is 0.276 e. The molecule has 1 N–H and O–H groups in total. The number of sulfonamides is 1. The second-order valence-corrected chi connectivity index (χ2v) is 7.93. The summed E-state index contributed by atoms with van der Waals surface area (Å²) in [7, 11) is -3.74. The molecule has 0 saturated carbocycles. The van der Waals surface area contributed by atoms with Gasteiger partial charge in [-0.2, -0.15) is 13.5 Å². The minimum atomic E-state index is -3.74. The average molecular weight is 391 g/mol. The van der Waals surface area contributed by atoms with Crippen LogP contribution < -0.4 is 14.3 Å². The van der Waals surface area contributed by atoms with Crippen LogP contribution in [0.3, 0.4) is 0 Å². The van der Waals surface area contributed by atoms with Crippen molar-refractivity contribution in [1.82, 2.24) is 4.83 Å². The van der Waals surface area contributed by atoms with Gasteiger partial charge in [-0.3, -0.25) is 0 Å². The molecular weight excluding hydrogens is 364 g/mol. The van der Waals surface area contributed by atoms with Gasteiger partial charge in [-0.1, -0.05) is 25.5 Å². The predicted molar refractivity (Wildman–Crippen MR) is 107 cm³/mol. The van der Waals surface area contributed by atoms with E-state index in [1.54, 1.807) is 12.1 Å². The van der Waals surface area contributed by atoms with Gasteiger partial charge in [0, 0.05) is 0 Å². The van der Waals surface area contributed by atoms with Crippen molar-refractivity contribution in [3.8, 4) is 11.5 Å². The van der Waals surface area contributed by atoms with E-state index in [1.807, 2.05) is 38.1 Å². The summed E-state index contributed by atoms with van der Waals surface area (Å²) in [6.07, 6.45) is 3.52. The first-order chi connectivity index (χ1) is 12.9. The van der Waals surface area contributed by atoms with Crippen molar-refractivity contribution < 1.29 is 17.9 Å². The Morgan fingerprint density at radius 1 is 1.11 bits per heavy atom. The normalized spacial score (nSPS) is 11.7. The highest BCUT2D eigenvalue weighted by atomic mass is 32.2. The molecule has 0 saturated heterocycles. The van der Waals surface area contributed by atoms with E-state index in [0.717, 1.165) is 24.2 Å². The van der Waals surface area contributed by atoms with E-state index in [1.165, 1.54) is 18.3 Å². The first kappa shape index (κ1) is 20.8. The molecule has 0 fully saturated rings. The Balaban J connectivity index is 1.99. The number of hydrogen-bond acceptors (Lipinski definition) is 5. The lowest BCUT2D eigenvalue weighted by molar-refractivity contribution is 0.242. The Bertz CT molecular complexity index is 847. The van der Waals surface area contributed by atoms with Crippen LogP contribution in [0.2, 0.25) is 0 Å². The van der Waals surface area contributed by atoms with Crippen molar-refractivity contribution in [2.24, 2.45) is 5.10 Å². The predicted octanol–water partition coefficient (Wildman–Crippen LogP) is 3.97. The molecule has 0 atom stereocenters. The van der Waals surface area contributed by atoms with Crippen molar-refractivity contribution in [3.63, 3.8) is 0 Å². The molecule has 27 heavy (non-hydrogen) atoms. The number of ether oxygens (including phenoxy) is 2. The van der Waals surface area contributed by atoms with Crippen LogP contribution >= 0.6 is 0 Å². The molecule has 0 amide bonds. The fourth-order valence-corrected chi connectivity index (χ4v) is 3.00. The third kappa shape index (κ3) is 6.94. The number of unbranched alkanes of at least 4 members (excludes halogenated alkanes) is 1. The van der Waals surface area contributed by atoms with Gasteiger partial charge in [0.15, 0.2) is 0 Å². The number of hydrazone groups is 1. The summed E-state index contributed by atoms with van der Waals surface area (Å²) in [5.41, 5.74) is 0.743. The van der Waals surface area contributed by atoms with Gasteiger partial charge in [0.05, 0.1) is 23.8 Å². The van der Waals surface area contributed by atoms with Crippen molar-refractivity contribution in [2.75, 3.05) is 6.61 Å². The number of nitrogens with one attached hydrogen (secondary N) is 1. The van der Waals surface area contributed by atoms with Gasteiger partial charge in [-0.05, 0) is 62.2 Å². The van der Waals surface area contributed by atoms with Crippen molar-refractivity contribution in [3.05, 3.63) is 54.1 Å². The summed E-state index contributed by atoms with van der Waals surface area (Å²) in [4.78, 5) is 2.33. The van der Waals surface area contributed by atoms with E-state index in [9.17, 15) is 8.42 Å². The van der Waals surface area contributed by atoms with Crippen molar-refractivity contribution in [1.29, 1.82) is 0 Å². The molecule has 0 unspecified atom stereocenters. The second-order valence-electron chi connectivity index (χ2n) is 6.27. The summed E-state index contributed by atoms with van der Waals surface area (Å²) < 4.78 is 35.8. The molecule has 0 heterocycles. The Hall–Kier alpha value is -2.54. The molecule has 0 radical (unpaired) electrons. The number of nitrogens with zero attached hydrogens (tertiary/aromatic N) is 1. The lowest BCUT2D eigenvalue weighted by atomic mass is 10.2. The van der Waals surface area contributed by atoms with Gasteiger partial charge in [-0.25, -0.2) is 4.83 Å². The van der Waals surface area contributed by atoms with Crippen LogP contribution in [0.4, 0.5) is 0 Å². The minimum absolute atomic E-state index is 0.0249. The molecule has 146 valence electrons. The van der Waals surface area contributed by atoms with Gasteiger partial charge in [0.1, 0.15) is 11.5 Å². The van der Waals surface area contributed by atoms with E-state index in [2.05, 4.69) is 16.9 Å². The monoisotopic (exact) mass is 390 g/mol. The van der Waals surface area contributed by atoms with Crippen LogP contribution in [0, 0.1) is 0 Å². The highest BCUT2D eigenvalue weighted by Gasteiger charge is 2.12. The standard InChI is InChI=1S/C20H26N2O4S/c1-4-5-13-25-19-8-6-7-17(14-19)15-21-22-27(23,24)20-11-9-18(10-12-20)26-16(2)3/h6-12,14-16,22H,4-5,13H2,1-3H3/b21-15+. The fraction of sp³-hybridized carbons (Fsp3) is 0.350. The highest BCUT2D eigenvalue weighted by molar-refractivity contribution is 7.89. The maximum absolute atomic E-state index is 12.3. The molecule has 2 aromatic carbocycles. The molecule has 0 aliphatic carbocycles. The van der Waals surface area contributed by atoms with Crippen LogP contribution in [0.1, 0.15) is 39.2 Å². The zero-order chi connectivity index (χ0) is 19.7. The molecule has 7 heteroatoms. The lowest BCUT2D eigenvalue weighted by Crippen LogP contribution is -2.18. The molecule has 0 aliphatic rings. The van der Waals surface area contributed by atoms with Gasteiger partial charge >= 0.3 is 0 Å². The topological polar surface area (TPSA) is 77.0 Å². The Morgan fingerprint density at radius 3 is 2.52 bits per heavy atom. The molecule has 2 aromatic rings. The summed E-state index contributed by atoms with van der Waals surface area (Å²) in [6, 6.07) is 13.5. The van der Waals surface area contributed by atoms with E-state index >= 15 is 0 Å². The number of rotatable bonds is 10. The van der Waals surface area contributed by atoms with Gasteiger partial charge in [-0.15, -0.1) is 0 Å². The van der Waals surface area contributed by atoms with Crippen LogP contribution in [0.5, 0.6) is 11.5 Å². The Morgan fingerprint density at radius 2 is 1.85 bits per heavy atom. The first-order valence-corrected chi connectivity index (χ1v) is 10.4. The molecule has 0 aromatic heterocycles. The minimum Gasteiger partial charge on any atom is -0.494 e. The van der Waals surface area contributed by atoms with E-state index in [4.69, 9.17) is 9.47 Å². The van der Waals surface area contributed by atoms with Crippen molar-refractivity contribution >= 4 is 16.2 Å². The summed E-state index contributed by atoms with van der Waals surface area (Å²) in [5.74, 6) is 1.35. The Kier molecular flexibility index (Phi) is 7.67. The average Bonchev–Trinajstić information content (AvgIpc) is 2.62. The van der Waals surface area contributed by atoms with Crippen LogP contribution in [-0.4, -0.2) is 27.3 Å². The van der Waals surface area contributed by atoms with Gasteiger partial charge in [0.2, 0.25) is 0 Å².